The summed E-state index contributed by atoms with van der Waals surface area (Å²) < 4.78 is 47.0. The zero-order valence-electron chi connectivity index (χ0n) is 14.6. The summed E-state index contributed by atoms with van der Waals surface area (Å²) in [5.74, 6) is -0.461. The van der Waals surface area contributed by atoms with Gasteiger partial charge in [0.05, 0.1) is 11.3 Å². The second-order valence-corrected chi connectivity index (χ2v) is 6.83. The molecule has 0 fully saturated rings. The molecule has 9 heteroatoms. The topological polar surface area (TPSA) is 73.6 Å². The lowest BCUT2D eigenvalue weighted by molar-refractivity contribution is -0.274. The zero-order chi connectivity index (χ0) is 20.6. The SMILES string of the molecule is NSc1cccc(-c2ccc3c(c2)C(=O)Nc2cc(OC(F)(F)F)ccc2O3)c1. The molecule has 0 saturated heterocycles. The number of nitrogens with one attached hydrogen (secondary N) is 1. The molecule has 3 N–H and O–H groups in total. The number of amides is 1. The smallest absolute Gasteiger partial charge is 0.454 e. The number of alkyl halides is 3. The Kier molecular flexibility index (Phi) is 4.85. The normalized spacial score (nSPS) is 12.9. The molecule has 0 unspecified atom stereocenters. The van der Waals surface area contributed by atoms with E-state index >= 15 is 0 Å². The van der Waals surface area contributed by atoms with Crippen LogP contribution in [0.2, 0.25) is 0 Å². The first kappa shape index (κ1) is 19.2. The van der Waals surface area contributed by atoms with Crippen LogP contribution in [0.3, 0.4) is 0 Å². The monoisotopic (exact) mass is 418 g/mol. The van der Waals surface area contributed by atoms with E-state index in [1.54, 1.807) is 18.2 Å². The van der Waals surface area contributed by atoms with Crippen LogP contribution in [0.15, 0.2) is 65.6 Å². The molecule has 1 amide bonds. The summed E-state index contributed by atoms with van der Waals surface area (Å²) in [6.45, 7) is 0. The molecule has 29 heavy (non-hydrogen) atoms. The summed E-state index contributed by atoms with van der Waals surface area (Å²) in [7, 11) is 0. The van der Waals surface area contributed by atoms with Gasteiger partial charge in [-0.05, 0) is 59.5 Å². The van der Waals surface area contributed by atoms with Gasteiger partial charge in [0.2, 0.25) is 0 Å². The number of carbonyl (C=O) groups is 1. The van der Waals surface area contributed by atoms with Gasteiger partial charge in [-0.15, -0.1) is 13.2 Å². The summed E-state index contributed by atoms with van der Waals surface area (Å²) >= 11 is 1.11. The number of hydrogen-bond donors (Lipinski definition) is 2. The highest BCUT2D eigenvalue weighted by Crippen LogP contribution is 2.40. The maximum absolute atomic E-state index is 12.7. The number of fused-ring (bicyclic) bond motifs is 2. The molecule has 1 aliphatic rings. The molecule has 0 bridgehead atoms. The summed E-state index contributed by atoms with van der Waals surface area (Å²) in [4.78, 5) is 13.6. The van der Waals surface area contributed by atoms with Gasteiger partial charge in [-0.2, -0.15) is 0 Å². The third-order valence-electron chi connectivity index (χ3n) is 4.18. The molecule has 3 aromatic rings. The maximum Gasteiger partial charge on any atom is 0.573 e. The third kappa shape index (κ3) is 4.15. The maximum atomic E-state index is 12.7. The highest BCUT2D eigenvalue weighted by Gasteiger charge is 2.32. The van der Waals surface area contributed by atoms with Gasteiger partial charge < -0.3 is 14.8 Å². The molecule has 3 aromatic carbocycles. The number of benzene rings is 3. The van der Waals surface area contributed by atoms with Gasteiger partial charge in [-0.1, -0.05) is 18.2 Å². The fourth-order valence-corrected chi connectivity index (χ4v) is 3.28. The van der Waals surface area contributed by atoms with Crippen LogP contribution in [-0.2, 0) is 0 Å². The van der Waals surface area contributed by atoms with E-state index in [1.807, 2.05) is 24.3 Å². The predicted octanol–water partition coefficient (Wildman–Crippen LogP) is 5.58. The summed E-state index contributed by atoms with van der Waals surface area (Å²) in [6.07, 6.45) is -4.84. The Balaban J connectivity index is 1.69. The fourth-order valence-electron chi connectivity index (χ4n) is 2.93. The molecular weight excluding hydrogens is 405 g/mol. The first-order chi connectivity index (χ1) is 13.8. The van der Waals surface area contributed by atoms with E-state index in [1.165, 1.54) is 6.07 Å². The van der Waals surface area contributed by atoms with E-state index < -0.39 is 18.0 Å². The molecule has 0 aromatic heterocycles. The molecule has 5 nitrogen and oxygen atoms in total. The second-order valence-electron chi connectivity index (χ2n) is 6.12. The van der Waals surface area contributed by atoms with Crippen molar-refractivity contribution in [2.24, 2.45) is 5.14 Å². The number of halogens is 3. The van der Waals surface area contributed by atoms with Crippen LogP contribution in [0.1, 0.15) is 10.4 Å². The lowest BCUT2D eigenvalue weighted by Gasteiger charge is -2.12. The van der Waals surface area contributed by atoms with Gasteiger partial charge in [0, 0.05) is 11.0 Å². The Morgan fingerprint density at radius 1 is 0.966 bits per heavy atom. The van der Waals surface area contributed by atoms with Crippen molar-refractivity contribution in [3.8, 4) is 28.4 Å². The van der Waals surface area contributed by atoms with Crippen molar-refractivity contribution in [2.45, 2.75) is 11.3 Å². The average molecular weight is 418 g/mol. The molecule has 0 radical (unpaired) electrons. The Labute approximate surface area is 167 Å². The second kappa shape index (κ2) is 7.34. The van der Waals surface area contributed by atoms with Crippen molar-refractivity contribution in [1.29, 1.82) is 0 Å². The molecule has 1 heterocycles. The van der Waals surface area contributed by atoms with Crippen molar-refractivity contribution < 1.29 is 27.4 Å². The summed E-state index contributed by atoms with van der Waals surface area (Å²) in [6, 6.07) is 16.1. The average Bonchev–Trinajstić information content (AvgIpc) is 2.82. The first-order valence-electron chi connectivity index (χ1n) is 8.32. The van der Waals surface area contributed by atoms with Gasteiger partial charge in [0.1, 0.15) is 11.5 Å². The molecule has 0 spiro atoms. The lowest BCUT2D eigenvalue weighted by atomic mass is 10.0. The standard InChI is InChI=1S/C20H13F3N2O3S/c21-20(22,23)28-13-5-7-18-16(10-13)25-19(26)15-9-12(4-6-17(15)27-18)11-2-1-3-14(8-11)29-24/h1-10H,24H2,(H,25,26). The number of rotatable bonds is 3. The van der Waals surface area contributed by atoms with Crippen LogP contribution >= 0.6 is 11.9 Å². The van der Waals surface area contributed by atoms with Crippen molar-refractivity contribution in [3.63, 3.8) is 0 Å². The van der Waals surface area contributed by atoms with E-state index in [0.717, 1.165) is 40.1 Å². The number of ether oxygens (including phenoxy) is 2. The molecule has 1 aliphatic heterocycles. The number of nitrogens with two attached hydrogens (primary N) is 1. The number of anilines is 1. The van der Waals surface area contributed by atoms with Gasteiger partial charge in [-0.25, -0.2) is 0 Å². The molecule has 0 saturated carbocycles. The van der Waals surface area contributed by atoms with Crippen LogP contribution in [0.4, 0.5) is 18.9 Å². The minimum atomic E-state index is -4.84. The quantitative estimate of drug-likeness (QED) is 0.544. The van der Waals surface area contributed by atoms with Crippen molar-refractivity contribution in [1.82, 2.24) is 0 Å². The molecular formula is C20H13F3N2O3S. The van der Waals surface area contributed by atoms with Crippen LogP contribution in [0, 0.1) is 0 Å². The van der Waals surface area contributed by atoms with E-state index in [0.29, 0.717) is 5.75 Å². The van der Waals surface area contributed by atoms with E-state index in [4.69, 9.17) is 9.88 Å². The summed E-state index contributed by atoms with van der Waals surface area (Å²) in [5, 5.41) is 8.17. The largest absolute Gasteiger partial charge is 0.573 e. The van der Waals surface area contributed by atoms with Gasteiger partial charge in [-0.3, -0.25) is 9.93 Å². The van der Waals surface area contributed by atoms with E-state index in [2.05, 4.69) is 10.1 Å². The minimum Gasteiger partial charge on any atom is -0.454 e. The molecule has 0 aliphatic carbocycles. The molecule has 148 valence electrons. The Bertz CT molecular complexity index is 1100. The molecule has 4 rings (SSSR count). The van der Waals surface area contributed by atoms with Gasteiger partial charge in [0.15, 0.2) is 5.75 Å². The minimum absolute atomic E-state index is 0.0797. The Morgan fingerprint density at radius 3 is 2.48 bits per heavy atom. The van der Waals surface area contributed by atoms with Gasteiger partial charge >= 0.3 is 6.36 Å². The van der Waals surface area contributed by atoms with Crippen molar-refractivity contribution >= 4 is 23.5 Å². The highest BCUT2D eigenvalue weighted by molar-refractivity contribution is 7.97. The van der Waals surface area contributed by atoms with Crippen LogP contribution in [0.5, 0.6) is 17.2 Å². The Hall–Kier alpha value is -3.17. The van der Waals surface area contributed by atoms with Crippen LogP contribution in [-0.4, -0.2) is 12.3 Å². The molecule has 0 atom stereocenters. The van der Waals surface area contributed by atoms with Gasteiger partial charge in [0.25, 0.3) is 5.91 Å². The fraction of sp³-hybridized carbons (Fsp3) is 0.0500. The number of carbonyl (C=O) groups excluding carboxylic acids is 1. The van der Waals surface area contributed by atoms with E-state index in [-0.39, 0.29) is 17.0 Å². The summed E-state index contributed by atoms with van der Waals surface area (Å²) in [5.41, 5.74) is 1.96. The lowest BCUT2D eigenvalue weighted by Crippen LogP contribution is -2.17. The van der Waals surface area contributed by atoms with Crippen LogP contribution < -0.4 is 19.9 Å². The van der Waals surface area contributed by atoms with Crippen molar-refractivity contribution in [2.75, 3.05) is 5.32 Å². The highest BCUT2D eigenvalue weighted by atomic mass is 32.2. The third-order valence-corrected chi connectivity index (χ3v) is 4.71. The first-order valence-corrected chi connectivity index (χ1v) is 9.20. The van der Waals surface area contributed by atoms with Crippen molar-refractivity contribution in [3.05, 3.63) is 66.2 Å². The van der Waals surface area contributed by atoms with E-state index in [9.17, 15) is 18.0 Å². The zero-order valence-corrected chi connectivity index (χ0v) is 15.4. The number of hydrogen-bond acceptors (Lipinski definition) is 5. The van der Waals surface area contributed by atoms with Crippen LogP contribution in [0.25, 0.3) is 11.1 Å². The Morgan fingerprint density at radius 2 is 1.72 bits per heavy atom. The predicted molar refractivity (Wildman–Crippen MR) is 103 cm³/mol.